The lowest BCUT2D eigenvalue weighted by atomic mass is 10.2. The second kappa shape index (κ2) is 9.35. The normalized spacial score (nSPS) is 14.5. The predicted octanol–water partition coefficient (Wildman–Crippen LogP) is 3.38. The zero-order valence-electron chi connectivity index (χ0n) is 17.7. The Hall–Kier alpha value is -3.46. The standard InChI is InChI=1S/C23H24F2N4O3/c1-32-23(31)22-21(18-14-16(25)4-7-19(18)26-22)27-20(30)8-9-28-10-12-29(13-11-28)17-5-2-15(24)3-6-17/h2-7,14,26H,8-13H2,1H3,(H,27,30). The Labute approximate surface area is 183 Å². The topological polar surface area (TPSA) is 77.7 Å². The zero-order valence-corrected chi connectivity index (χ0v) is 17.7. The van der Waals surface area contributed by atoms with Gasteiger partial charge in [0.15, 0.2) is 0 Å². The van der Waals surface area contributed by atoms with Gasteiger partial charge < -0.3 is 19.9 Å². The Morgan fingerprint density at radius 2 is 1.72 bits per heavy atom. The molecule has 1 fully saturated rings. The summed E-state index contributed by atoms with van der Waals surface area (Å²) >= 11 is 0. The van der Waals surface area contributed by atoms with Crippen molar-refractivity contribution in [2.75, 3.05) is 50.1 Å². The van der Waals surface area contributed by atoms with Gasteiger partial charge in [-0.2, -0.15) is 0 Å². The minimum atomic E-state index is -0.645. The maximum absolute atomic E-state index is 13.7. The zero-order chi connectivity index (χ0) is 22.7. The summed E-state index contributed by atoms with van der Waals surface area (Å²) in [4.78, 5) is 32.0. The van der Waals surface area contributed by atoms with E-state index in [9.17, 15) is 18.4 Å². The van der Waals surface area contributed by atoms with Gasteiger partial charge in [0.2, 0.25) is 5.91 Å². The van der Waals surface area contributed by atoms with Crippen LogP contribution in [0.25, 0.3) is 10.9 Å². The molecule has 0 spiro atoms. The number of H-pyrrole nitrogens is 1. The molecule has 2 heterocycles. The summed E-state index contributed by atoms with van der Waals surface area (Å²) in [6, 6.07) is 10.5. The van der Waals surface area contributed by atoms with E-state index in [1.54, 1.807) is 12.1 Å². The van der Waals surface area contributed by atoms with Gasteiger partial charge in [-0.25, -0.2) is 13.6 Å². The maximum atomic E-state index is 13.7. The highest BCUT2D eigenvalue weighted by Gasteiger charge is 2.22. The predicted molar refractivity (Wildman–Crippen MR) is 118 cm³/mol. The number of halogens is 2. The number of carbonyl (C=O) groups excluding carboxylic acids is 2. The quantitative estimate of drug-likeness (QED) is 0.573. The van der Waals surface area contributed by atoms with Crippen molar-refractivity contribution in [2.45, 2.75) is 6.42 Å². The van der Waals surface area contributed by atoms with Gasteiger partial charge in [-0.15, -0.1) is 0 Å². The molecular formula is C23H24F2N4O3. The van der Waals surface area contributed by atoms with E-state index in [1.807, 2.05) is 0 Å². The SMILES string of the molecule is COC(=O)c1[nH]c2ccc(F)cc2c1NC(=O)CCN1CCN(c2ccc(F)cc2)CC1. The van der Waals surface area contributed by atoms with Gasteiger partial charge in [-0.1, -0.05) is 0 Å². The number of benzene rings is 2. The number of aromatic amines is 1. The van der Waals surface area contributed by atoms with Gasteiger partial charge in [0.05, 0.1) is 12.8 Å². The van der Waals surface area contributed by atoms with Crippen molar-refractivity contribution in [1.82, 2.24) is 9.88 Å². The van der Waals surface area contributed by atoms with Crippen molar-refractivity contribution in [3.8, 4) is 0 Å². The molecule has 32 heavy (non-hydrogen) atoms. The molecule has 9 heteroatoms. The molecule has 1 amide bonds. The van der Waals surface area contributed by atoms with Crippen molar-refractivity contribution in [2.24, 2.45) is 0 Å². The first-order valence-electron chi connectivity index (χ1n) is 10.4. The Bertz CT molecular complexity index is 1120. The first-order valence-corrected chi connectivity index (χ1v) is 10.4. The van der Waals surface area contributed by atoms with Crippen molar-refractivity contribution in [3.63, 3.8) is 0 Å². The number of amides is 1. The smallest absolute Gasteiger partial charge is 0.356 e. The van der Waals surface area contributed by atoms with Crippen LogP contribution in [0.3, 0.4) is 0 Å². The lowest BCUT2D eigenvalue weighted by Crippen LogP contribution is -2.47. The van der Waals surface area contributed by atoms with Gasteiger partial charge in [0, 0.05) is 55.7 Å². The molecule has 0 radical (unpaired) electrons. The average molecular weight is 442 g/mol. The van der Waals surface area contributed by atoms with Gasteiger partial charge in [-0.3, -0.25) is 9.69 Å². The molecule has 0 saturated carbocycles. The highest BCUT2D eigenvalue weighted by molar-refractivity contribution is 6.10. The molecule has 1 aromatic heterocycles. The number of rotatable bonds is 6. The van der Waals surface area contributed by atoms with E-state index < -0.39 is 11.8 Å². The molecule has 4 rings (SSSR count). The maximum Gasteiger partial charge on any atom is 0.356 e. The van der Waals surface area contributed by atoms with E-state index in [0.29, 0.717) is 17.4 Å². The number of nitrogens with zero attached hydrogens (tertiary/aromatic N) is 2. The first-order chi connectivity index (χ1) is 15.4. The molecule has 168 valence electrons. The Morgan fingerprint density at radius 1 is 1.03 bits per heavy atom. The number of esters is 1. The minimum absolute atomic E-state index is 0.0781. The van der Waals surface area contributed by atoms with Crippen LogP contribution in [0.4, 0.5) is 20.2 Å². The number of aromatic nitrogens is 1. The van der Waals surface area contributed by atoms with Crippen molar-refractivity contribution < 1.29 is 23.1 Å². The van der Waals surface area contributed by atoms with Crippen molar-refractivity contribution >= 4 is 34.2 Å². The molecule has 2 aromatic carbocycles. The molecular weight excluding hydrogens is 418 g/mol. The lowest BCUT2D eigenvalue weighted by molar-refractivity contribution is -0.116. The summed E-state index contributed by atoms with van der Waals surface area (Å²) < 4.78 is 31.6. The third-order valence-electron chi connectivity index (χ3n) is 5.63. The number of anilines is 2. The molecule has 0 bridgehead atoms. The fraction of sp³-hybridized carbons (Fsp3) is 0.304. The average Bonchev–Trinajstić information content (AvgIpc) is 3.15. The van der Waals surface area contributed by atoms with E-state index >= 15 is 0 Å². The van der Waals surface area contributed by atoms with Crippen LogP contribution in [0.2, 0.25) is 0 Å². The molecule has 0 aliphatic carbocycles. The van der Waals surface area contributed by atoms with Crippen molar-refractivity contribution in [3.05, 3.63) is 59.8 Å². The third kappa shape index (κ3) is 4.72. The molecule has 3 aromatic rings. The van der Waals surface area contributed by atoms with E-state index in [2.05, 4.69) is 20.1 Å². The van der Waals surface area contributed by atoms with Crippen LogP contribution in [0.5, 0.6) is 0 Å². The monoisotopic (exact) mass is 442 g/mol. The molecule has 7 nitrogen and oxygen atoms in total. The Kier molecular flexibility index (Phi) is 6.36. The van der Waals surface area contributed by atoms with E-state index in [4.69, 9.17) is 4.74 Å². The van der Waals surface area contributed by atoms with Gasteiger partial charge in [-0.05, 0) is 42.5 Å². The molecule has 0 unspecified atom stereocenters. The number of nitrogens with one attached hydrogen (secondary N) is 2. The third-order valence-corrected chi connectivity index (χ3v) is 5.63. The van der Waals surface area contributed by atoms with Gasteiger partial charge in [0.1, 0.15) is 17.3 Å². The van der Waals surface area contributed by atoms with Crippen LogP contribution < -0.4 is 10.2 Å². The van der Waals surface area contributed by atoms with E-state index in [1.165, 1.54) is 37.4 Å². The van der Waals surface area contributed by atoms with Crippen LogP contribution in [0.15, 0.2) is 42.5 Å². The highest BCUT2D eigenvalue weighted by Crippen LogP contribution is 2.29. The second-order valence-corrected chi connectivity index (χ2v) is 7.66. The Morgan fingerprint density at radius 3 is 2.41 bits per heavy atom. The number of piperazine rings is 1. The number of ether oxygens (including phenoxy) is 1. The Balaban J connectivity index is 1.35. The summed E-state index contributed by atoms with van der Waals surface area (Å²) in [7, 11) is 1.24. The van der Waals surface area contributed by atoms with Crippen LogP contribution in [0.1, 0.15) is 16.9 Å². The van der Waals surface area contributed by atoms with E-state index in [-0.39, 0.29) is 29.5 Å². The molecule has 2 N–H and O–H groups in total. The van der Waals surface area contributed by atoms with Gasteiger partial charge in [0.25, 0.3) is 0 Å². The summed E-state index contributed by atoms with van der Waals surface area (Å²) in [6.45, 7) is 3.66. The summed E-state index contributed by atoms with van der Waals surface area (Å²) in [5.74, 6) is -1.65. The molecule has 1 saturated heterocycles. The number of hydrogen-bond donors (Lipinski definition) is 2. The van der Waals surface area contributed by atoms with Crippen LogP contribution in [0, 0.1) is 11.6 Å². The second-order valence-electron chi connectivity index (χ2n) is 7.66. The lowest BCUT2D eigenvalue weighted by Gasteiger charge is -2.36. The molecule has 1 aliphatic heterocycles. The summed E-state index contributed by atoms with van der Waals surface area (Å²) in [5.41, 5.74) is 1.80. The van der Waals surface area contributed by atoms with Crippen LogP contribution in [-0.2, 0) is 9.53 Å². The van der Waals surface area contributed by atoms with Crippen LogP contribution >= 0.6 is 0 Å². The highest BCUT2D eigenvalue weighted by atomic mass is 19.1. The first kappa shape index (κ1) is 21.8. The van der Waals surface area contributed by atoms with E-state index in [0.717, 1.165) is 31.9 Å². The number of hydrogen-bond acceptors (Lipinski definition) is 5. The number of fused-ring (bicyclic) bond motifs is 1. The largest absolute Gasteiger partial charge is 0.464 e. The van der Waals surface area contributed by atoms with Crippen LogP contribution in [-0.4, -0.2) is 61.6 Å². The number of methoxy groups -OCH3 is 1. The fourth-order valence-electron chi connectivity index (χ4n) is 3.89. The van der Waals surface area contributed by atoms with Gasteiger partial charge >= 0.3 is 5.97 Å². The molecule has 1 aliphatic rings. The fourth-order valence-corrected chi connectivity index (χ4v) is 3.89. The number of carbonyl (C=O) groups is 2. The van der Waals surface area contributed by atoms with Crippen molar-refractivity contribution in [1.29, 1.82) is 0 Å². The minimum Gasteiger partial charge on any atom is -0.464 e. The summed E-state index contributed by atoms with van der Waals surface area (Å²) in [6.07, 6.45) is 0.221. The molecule has 0 atom stereocenters. The summed E-state index contributed by atoms with van der Waals surface area (Å²) in [5, 5.41) is 3.15.